The van der Waals surface area contributed by atoms with E-state index in [4.69, 9.17) is 11.6 Å². The largest absolute Gasteiger partial charge is 0.348 e. The van der Waals surface area contributed by atoms with Crippen molar-refractivity contribution in [3.63, 3.8) is 0 Å². The number of aryl methyl sites for hydroxylation is 2. The van der Waals surface area contributed by atoms with Gasteiger partial charge >= 0.3 is 0 Å². The van der Waals surface area contributed by atoms with Crippen molar-refractivity contribution in [1.29, 1.82) is 0 Å². The van der Waals surface area contributed by atoms with E-state index in [0.29, 0.717) is 5.02 Å². The molecule has 3 aromatic rings. The zero-order valence-corrected chi connectivity index (χ0v) is 20.0. The van der Waals surface area contributed by atoms with Crippen molar-refractivity contribution in [1.82, 2.24) is 9.62 Å². The van der Waals surface area contributed by atoms with Gasteiger partial charge in [0.05, 0.1) is 17.5 Å². The molecule has 1 N–H and O–H groups in total. The van der Waals surface area contributed by atoms with Crippen molar-refractivity contribution in [2.24, 2.45) is 0 Å². The molecular weight excluding hydrogens is 444 g/mol. The van der Waals surface area contributed by atoms with E-state index in [-0.39, 0.29) is 29.9 Å². The number of nitrogens with one attached hydrogen (secondary N) is 1. The average molecular weight is 471 g/mol. The fourth-order valence-electron chi connectivity index (χ4n) is 3.26. The van der Waals surface area contributed by atoms with Gasteiger partial charge in [0.15, 0.2) is 0 Å². The second-order valence-electron chi connectivity index (χ2n) is 7.91. The van der Waals surface area contributed by atoms with E-state index in [2.05, 4.69) is 5.32 Å². The van der Waals surface area contributed by atoms with E-state index in [0.717, 1.165) is 22.3 Å². The van der Waals surface area contributed by atoms with E-state index in [1.165, 1.54) is 4.31 Å². The Morgan fingerprint density at radius 1 is 0.906 bits per heavy atom. The highest BCUT2D eigenvalue weighted by Gasteiger charge is 2.27. The SMILES string of the molecule is Cc1ccc(CN(CC(=O)NC(C)c2ccc(Cl)cc2)S(=O)(=O)c2ccc(C)cc2)cc1. The maximum Gasteiger partial charge on any atom is 0.243 e. The van der Waals surface area contributed by atoms with Crippen LogP contribution in [0.2, 0.25) is 5.02 Å². The summed E-state index contributed by atoms with van der Waals surface area (Å²) < 4.78 is 28.0. The van der Waals surface area contributed by atoms with Crippen LogP contribution in [0, 0.1) is 13.8 Å². The van der Waals surface area contributed by atoms with Crippen LogP contribution in [0.3, 0.4) is 0 Å². The molecule has 0 aliphatic rings. The summed E-state index contributed by atoms with van der Waals surface area (Å²) >= 11 is 5.94. The number of amides is 1. The van der Waals surface area contributed by atoms with Crippen LogP contribution in [0.25, 0.3) is 0 Å². The van der Waals surface area contributed by atoms with Gasteiger partial charge in [-0.25, -0.2) is 8.42 Å². The third kappa shape index (κ3) is 6.19. The number of carbonyl (C=O) groups is 1. The predicted molar refractivity (Wildman–Crippen MR) is 128 cm³/mol. The summed E-state index contributed by atoms with van der Waals surface area (Å²) in [6.45, 7) is 5.52. The lowest BCUT2D eigenvalue weighted by Gasteiger charge is -2.23. The Morgan fingerprint density at radius 3 is 2.00 bits per heavy atom. The molecule has 0 bridgehead atoms. The van der Waals surface area contributed by atoms with Crippen molar-refractivity contribution in [3.05, 3.63) is 100 Å². The highest BCUT2D eigenvalue weighted by atomic mass is 35.5. The molecule has 3 aromatic carbocycles. The number of nitrogens with zero attached hydrogens (tertiary/aromatic N) is 1. The molecule has 0 radical (unpaired) electrons. The van der Waals surface area contributed by atoms with Crippen LogP contribution in [0.5, 0.6) is 0 Å². The summed E-state index contributed by atoms with van der Waals surface area (Å²) in [5.74, 6) is -0.379. The summed E-state index contributed by atoms with van der Waals surface area (Å²) in [6.07, 6.45) is 0. The Hall–Kier alpha value is -2.67. The summed E-state index contributed by atoms with van der Waals surface area (Å²) in [7, 11) is -3.87. The van der Waals surface area contributed by atoms with E-state index in [9.17, 15) is 13.2 Å². The quantitative estimate of drug-likeness (QED) is 0.502. The summed E-state index contributed by atoms with van der Waals surface area (Å²) in [5, 5.41) is 3.50. The Bertz CT molecular complexity index is 1160. The van der Waals surface area contributed by atoms with E-state index in [1.807, 2.05) is 57.2 Å². The van der Waals surface area contributed by atoms with Crippen LogP contribution in [0.1, 0.15) is 35.2 Å². The first-order valence-corrected chi connectivity index (χ1v) is 12.1. The summed E-state index contributed by atoms with van der Waals surface area (Å²) in [4.78, 5) is 13.0. The molecule has 168 valence electrons. The first kappa shape index (κ1) is 24.0. The molecule has 0 heterocycles. The molecule has 1 unspecified atom stereocenters. The van der Waals surface area contributed by atoms with Crippen molar-refractivity contribution < 1.29 is 13.2 Å². The lowest BCUT2D eigenvalue weighted by Crippen LogP contribution is -2.41. The Labute approximate surface area is 195 Å². The standard InChI is InChI=1S/C25H27ClN2O3S/c1-18-4-8-21(9-5-18)16-28(32(30,31)24-14-6-19(2)7-15-24)17-25(29)27-20(3)22-10-12-23(26)13-11-22/h4-15,20H,16-17H2,1-3H3,(H,27,29). The molecule has 1 amide bonds. The molecule has 0 aliphatic carbocycles. The number of rotatable bonds is 8. The van der Waals surface area contributed by atoms with E-state index >= 15 is 0 Å². The number of halogens is 1. The topological polar surface area (TPSA) is 66.5 Å². The molecule has 0 saturated heterocycles. The lowest BCUT2D eigenvalue weighted by atomic mass is 10.1. The fourth-order valence-corrected chi connectivity index (χ4v) is 4.77. The fraction of sp³-hybridized carbons (Fsp3) is 0.240. The van der Waals surface area contributed by atoms with Gasteiger partial charge in [0.1, 0.15) is 0 Å². The predicted octanol–water partition coefficient (Wildman–Crippen LogP) is 5.03. The van der Waals surface area contributed by atoms with Crippen molar-refractivity contribution in [2.45, 2.75) is 38.3 Å². The first-order chi connectivity index (χ1) is 15.1. The normalized spacial score (nSPS) is 12.5. The average Bonchev–Trinajstić information content (AvgIpc) is 2.75. The highest BCUT2D eigenvalue weighted by molar-refractivity contribution is 7.89. The monoisotopic (exact) mass is 470 g/mol. The first-order valence-electron chi connectivity index (χ1n) is 10.3. The molecule has 0 saturated carbocycles. The molecule has 3 rings (SSSR count). The Morgan fingerprint density at radius 2 is 1.44 bits per heavy atom. The van der Waals surface area contributed by atoms with Gasteiger partial charge < -0.3 is 5.32 Å². The smallest absolute Gasteiger partial charge is 0.243 e. The number of hydrogen-bond donors (Lipinski definition) is 1. The Kier molecular flexibility index (Phi) is 7.72. The van der Waals surface area contributed by atoms with Gasteiger partial charge in [-0.3, -0.25) is 4.79 Å². The van der Waals surface area contributed by atoms with Gasteiger partial charge in [-0.2, -0.15) is 4.31 Å². The van der Waals surface area contributed by atoms with Crippen molar-refractivity contribution in [2.75, 3.05) is 6.54 Å². The number of sulfonamides is 1. The molecule has 5 nitrogen and oxygen atoms in total. The molecule has 0 aromatic heterocycles. The zero-order chi connectivity index (χ0) is 23.3. The van der Waals surface area contributed by atoms with Gasteiger partial charge in [-0.05, 0) is 56.2 Å². The maximum atomic E-state index is 13.4. The second kappa shape index (κ2) is 10.3. The van der Waals surface area contributed by atoms with Gasteiger partial charge in [0, 0.05) is 11.6 Å². The van der Waals surface area contributed by atoms with Crippen LogP contribution >= 0.6 is 11.6 Å². The van der Waals surface area contributed by atoms with Crippen molar-refractivity contribution >= 4 is 27.5 Å². The van der Waals surface area contributed by atoms with Crippen LogP contribution in [-0.2, 0) is 21.4 Å². The number of hydrogen-bond acceptors (Lipinski definition) is 3. The van der Waals surface area contributed by atoms with Crippen LogP contribution < -0.4 is 5.32 Å². The molecule has 7 heteroatoms. The van der Waals surface area contributed by atoms with Gasteiger partial charge in [-0.1, -0.05) is 71.3 Å². The minimum Gasteiger partial charge on any atom is -0.348 e. The Balaban J connectivity index is 1.82. The molecular formula is C25H27ClN2O3S. The maximum absolute atomic E-state index is 13.4. The molecule has 0 aliphatic heterocycles. The third-order valence-corrected chi connectivity index (χ3v) is 7.26. The highest BCUT2D eigenvalue weighted by Crippen LogP contribution is 2.20. The second-order valence-corrected chi connectivity index (χ2v) is 10.3. The van der Waals surface area contributed by atoms with Gasteiger partial charge in [-0.15, -0.1) is 0 Å². The minimum atomic E-state index is -3.87. The number of carbonyl (C=O) groups excluding carboxylic acids is 1. The van der Waals surface area contributed by atoms with E-state index < -0.39 is 10.0 Å². The molecule has 1 atom stereocenters. The molecule has 0 fully saturated rings. The van der Waals surface area contributed by atoms with Gasteiger partial charge in [0.25, 0.3) is 0 Å². The zero-order valence-electron chi connectivity index (χ0n) is 18.4. The number of benzene rings is 3. The molecule has 32 heavy (non-hydrogen) atoms. The molecule has 0 spiro atoms. The minimum absolute atomic E-state index is 0.0965. The van der Waals surface area contributed by atoms with E-state index in [1.54, 1.807) is 36.4 Å². The summed E-state index contributed by atoms with van der Waals surface area (Å²) in [6, 6.07) is 21.1. The third-order valence-electron chi connectivity index (χ3n) is 5.21. The summed E-state index contributed by atoms with van der Waals surface area (Å²) in [5.41, 5.74) is 3.74. The van der Waals surface area contributed by atoms with Crippen LogP contribution in [0.4, 0.5) is 0 Å². The van der Waals surface area contributed by atoms with Crippen LogP contribution in [-0.4, -0.2) is 25.2 Å². The van der Waals surface area contributed by atoms with Crippen molar-refractivity contribution in [3.8, 4) is 0 Å². The lowest BCUT2D eigenvalue weighted by molar-refractivity contribution is -0.122. The van der Waals surface area contributed by atoms with Crippen LogP contribution in [0.15, 0.2) is 77.7 Å². The van der Waals surface area contributed by atoms with Gasteiger partial charge in [0.2, 0.25) is 15.9 Å².